The van der Waals surface area contributed by atoms with Gasteiger partial charge in [0, 0.05) is 12.1 Å². The molecule has 182 valence electrons. The van der Waals surface area contributed by atoms with Gasteiger partial charge in [0.1, 0.15) is 17.2 Å². The van der Waals surface area contributed by atoms with Crippen molar-refractivity contribution < 1.29 is 23.8 Å². The fourth-order valence-corrected chi connectivity index (χ4v) is 3.88. The van der Waals surface area contributed by atoms with Gasteiger partial charge in [-0.3, -0.25) is 9.59 Å². The first-order valence-corrected chi connectivity index (χ1v) is 11.6. The minimum Gasteiger partial charge on any atom is -0.494 e. The summed E-state index contributed by atoms with van der Waals surface area (Å²) in [6.45, 7) is 2.73. The third-order valence-electron chi connectivity index (χ3n) is 5.31. The van der Waals surface area contributed by atoms with Crippen molar-refractivity contribution in [3.8, 4) is 23.0 Å². The molecule has 0 bridgehead atoms. The standard InChI is InChI=1S/C26H26ClN3O5/c1-3-33-18-9-11-19(12-10-18)34-22-13-8-17(27)14-20(22)29-25(31)16-30-15-24(26(32)28-2)35-23-7-5-4-6-21(23)30/h4-14,24H,3,15-16H2,1-2H3,(H,28,32)(H,29,31)/t24-/m0/s1. The number of halogens is 1. The zero-order valence-electron chi connectivity index (χ0n) is 19.4. The molecule has 0 saturated heterocycles. The molecule has 1 heterocycles. The fraction of sp³-hybridized carbons (Fsp3) is 0.231. The number of anilines is 2. The maximum absolute atomic E-state index is 13.1. The van der Waals surface area contributed by atoms with E-state index in [9.17, 15) is 9.59 Å². The van der Waals surface area contributed by atoms with E-state index in [-0.39, 0.29) is 24.9 Å². The molecule has 1 atom stereocenters. The van der Waals surface area contributed by atoms with Crippen LogP contribution >= 0.6 is 11.6 Å². The van der Waals surface area contributed by atoms with Crippen LogP contribution in [0.5, 0.6) is 23.0 Å². The van der Waals surface area contributed by atoms with Crippen molar-refractivity contribution in [2.75, 3.05) is 37.0 Å². The molecular weight excluding hydrogens is 470 g/mol. The van der Waals surface area contributed by atoms with Crippen molar-refractivity contribution in [1.29, 1.82) is 0 Å². The normalized spacial score (nSPS) is 14.4. The molecule has 4 rings (SSSR count). The number of amides is 2. The zero-order valence-corrected chi connectivity index (χ0v) is 20.2. The van der Waals surface area contributed by atoms with Gasteiger partial charge in [-0.05, 0) is 61.5 Å². The number of nitrogens with one attached hydrogen (secondary N) is 2. The molecule has 0 saturated carbocycles. The van der Waals surface area contributed by atoms with Gasteiger partial charge >= 0.3 is 0 Å². The highest BCUT2D eigenvalue weighted by molar-refractivity contribution is 6.31. The Balaban J connectivity index is 1.50. The van der Waals surface area contributed by atoms with Crippen molar-refractivity contribution in [3.05, 3.63) is 71.8 Å². The van der Waals surface area contributed by atoms with E-state index in [1.165, 1.54) is 0 Å². The van der Waals surface area contributed by atoms with Crippen LogP contribution in [0, 0.1) is 0 Å². The van der Waals surface area contributed by atoms with E-state index in [1.54, 1.807) is 43.4 Å². The van der Waals surface area contributed by atoms with Gasteiger partial charge in [0.05, 0.1) is 31.1 Å². The van der Waals surface area contributed by atoms with E-state index in [1.807, 2.05) is 42.2 Å². The first-order chi connectivity index (χ1) is 17.0. The van der Waals surface area contributed by atoms with Crippen LogP contribution in [0.2, 0.25) is 5.02 Å². The van der Waals surface area contributed by atoms with Gasteiger partial charge in [-0.25, -0.2) is 0 Å². The van der Waals surface area contributed by atoms with E-state index in [2.05, 4.69) is 10.6 Å². The second kappa shape index (κ2) is 11.0. The summed E-state index contributed by atoms with van der Waals surface area (Å²) in [6.07, 6.45) is -0.729. The molecule has 9 heteroatoms. The number of para-hydroxylation sites is 2. The average molecular weight is 496 g/mol. The van der Waals surface area contributed by atoms with E-state index in [0.29, 0.717) is 34.6 Å². The molecule has 3 aromatic carbocycles. The third kappa shape index (κ3) is 5.96. The van der Waals surface area contributed by atoms with Crippen LogP contribution in [0.15, 0.2) is 66.7 Å². The van der Waals surface area contributed by atoms with Crippen molar-refractivity contribution in [1.82, 2.24) is 5.32 Å². The van der Waals surface area contributed by atoms with Crippen LogP contribution in [0.1, 0.15) is 6.92 Å². The first-order valence-electron chi connectivity index (χ1n) is 11.2. The molecule has 8 nitrogen and oxygen atoms in total. The van der Waals surface area contributed by atoms with E-state index in [4.69, 9.17) is 25.8 Å². The highest BCUT2D eigenvalue weighted by atomic mass is 35.5. The van der Waals surface area contributed by atoms with Gasteiger partial charge in [0.2, 0.25) is 5.91 Å². The third-order valence-corrected chi connectivity index (χ3v) is 5.55. The summed E-state index contributed by atoms with van der Waals surface area (Å²) in [5.41, 5.74) is 1.17. The number of carbonyl (C=O) groups is 2. The molecule has 2 amide bonds. The summed E-state index contributed by atoms with van der Waals surface area (Å²) in [5, 5.41) is 5.93. The lowest BCUT2D eigenvalue weighted by molar-refractivity contribution is -0.127. The number of hydrogen-bond donors (Lipinski definition) is 2. The van der Waals surface area contributed by atoms with Gasteiger partial charge in [-0.15, -0.1) is 0 Å². The van der Waals surface area contributed by atoms with Gasteiger partial charge in [-0.2, -0.15) is 0 Å². The molecular formula is C26H26ClN3O5. The monoisotopic (exact) mass is 495 g/mol. The largest absolute Gasteiger partial charge is 0.494 e. The lowest BCUT2D eigenvalue weighted by Crippen LogP contribution is -2.50. The maximum atomic E-state index is 13.1. The molecule has 1 aliphatic heterocycles. The molecule has 0 fully saturated rings. The van der Waals surface area contributed by atoms with Crippen molar-refractivity contribution in [2.24, 2.45) is 0 Å². The Morgan fingerprint density at radius 2 is 1.83 bits per heavy atom. The van der Waals surface area contributed by atoms with E-state index < -0.39 is 6.10 Å². The Labute approximate surface area is 208 Å². The molecule has 0 aliphatic carbocycles. The number of rotatable bonds is 8. The van der Waals surface area contributed by atoms with Crippen LogP contribution in [0.25, 0.3) is 0 Å². The summed E-state index contributed by atoms with van der Waals surface area (Å²) in [7, 11) is 1.55. The van der Waals surface area contributed by atoms with E-state index >= 15 is 0 Å². The van der Waals surface area contributed by atoms with Crippen molar-refractivity contribution >= 4 is 34.8 Å². The highest BCUT2D eigenvalue weighted by Crippen LogP contribution is 2.35. The Kier molecular flexibility index (Phi) is 7.62. The molecule has 0 unspecified atom stereocenters. The van der Waals surface area contributed by atoms with Crippen LogP contribution < -0.4 is 29.7 Å². The highest BCUT2D eigenvalue weighted by Gasteiger charge is 2.31. The van der Waals surface area contributed by atoms with Gasteiger partial charge in [-0.1, -0.05) is 23.7 Å². The first kappa shape index (κ1) is 24.2. The summed E-state index contributed by atoms with van der Waals surface area (Å²) in [6, 6.07) is 19.5. The lowest BCUT2D eigenvalue weighted by Gasteiger charge is -2.35. The SMILES string of the molecule is CCOc1ccc(Oc2ccc(Cl)cc2NC(=O)CN2C[C@@H](C(=O)NC)Oc3ccccc32)cc1. The van der Waals surface area contributed by atoms with Gasteiger partial charge in [0.25, 0.3) is 5.91 Å². The van der Waals surface area contributed by atoms with Crippen LogP contribution in [-0.4, -0.2) is 44.7 Å². The number of carbonyl (C=O) groups excluding carboxylic acids is 2. The molecule has 0 radical (unpaired) electrons. The van der Waals surface area contributed by atoms with Crippen molar-refractivity contribution in [2.45, 2.75) is 13.0 Å². The summed E-state index contributed by atoms with van der Waals surface area (Å²) < 4.78 is 17.3. The van der Waals surface area contributed by atoms with Crippen LogP contribution in [0.4, 0.5) is 11.4 Å². The molecule has 2 N–H and O–H groups in total. The second-order valence-corrected chi connectivity index (χ2v) is 8.20. The zero-order chi connectivity index (χ0) is 24.8. The summed E-state index contributed by atoms with van der Waals surface area (Å²) in [4.78, 5) is 27.1. The average Bonchev–Trinajstić information content (AvgIpc) is 2.86. The molecule has 1 aliphatic rings. The topological polar surface area (TPSA) is 89.1 Å². The van der Waals surface area contributed by atoms with Gasteiger partial charge in [0.15, 0.2) is 11.9 Å². The Morgan fingerprint density at radius 3 is 2.57 bits per heavy atom. The quantitative estimate of drug-likeness (QED) is 0.479. The number of ether oxygens (including phenoxy) is 3. The fourth-order valence-electron chi connectivity index (χ4n) is 3.70. The summed E-state index contributed by atoms with van der Waals surface area (Å²) in [5.74, 6) is 1.76. The van der Waals surface area contributed by atoms with Crippen LogP contribution in [-0.2, 0) is 9.59 Å². The number of hydrogen-bond acceptors (Lipinski definition) is 6. The lowest BCUT2D eigenvalue weighted by atomic mass is 10.1. The minimum absolute atomic E-state index is 0.00285. The minimum atomic E-state index is -0.729. The molecule has 0 aromatic heterocycles. The predicted octanol–water partition coefficient (Wildman–Crippen LogP) is 4.48. The predicted molar refractivity (Wildman–Crippen MR) is 135 cm³/mol. The smallest absolute Gasteiger partial charge is 0.262 e. The molecule has 35 heavy (non-hydrogen) atoms. The van der Waals surface area contributed by atoms with E-state index in [0.717, 1.165) is 11.4 Å². The summed E-state index contributed by atoms with van der Waals surface area (Å²) >= 11 is 6.19. The maximum Gasteiger partial charge on any atom is 0.262 e. The second-order valence-electron chi connectivity index (χ2n) is 7.76. The van der Waals surface area contributed by atoms with Crippen LogP contribution in [0.3, 0.4) is 0 Å². The Hall–Kier alpha value is -3.91. The number of fused-ring (bicyclic) bond motifs is 1. The van der Waals surface area contributed by atoms with Crippen molar-refractivity contribution in [3.63, 3.8) is 0 Å². The molecule has 0 spiro atoms. The van der Waals surface area contributed by atoms with Gasteiger partial charge < -0.3 is 29.7 Å². The Bertz CT molecular complexity index is 1200. The molecule has 3 aromatic rings. The number of nitrogens with zero attached hydrogens (tertiary/aromatic N) is 1. The Morgan fingerprint density at radius 1 is 1.09 bits per heavy atom. The number of benzene rings is 3. The number of likely N-dealkylation sites (N-methyl/N-ethyl adjacent to an activating group) is 1.